The van der Waals surface area contributed by atoms with E-state index in [0.29, 0.717) is 0 Å². The number of methoxy groups -OCH3 is 1. The van der Waals surface area contributed by atoms with Crippen LogP contribution in [0.5, 0.6) is 0 Å². The fraction of sp³-hybridized carbons (Fsp3) is 0.429. The van der Waals surface area contributed by atoms with E-state index in [0.717, 1.165) is 0 Å². The van der Waals surface area contributed by atoms with E-state index in [-0.39, 0.29) is 10.5 Å². The second-order valence-electron chi connectivity index (χ2n) is 5.32. The van der Waals surface area contributed by atoms with E-state index in [1.165, 1.54) is 24.3 Å². The molecule has 0 aliphatic heterocycles. The van der Waals surface area contributed by atoms with Crippen molar-refractivity contribution in [3.05, 3.63) is 30.3 Å². The van der Waals surface area contributed by atoms with Crippen molar-refractivity contribution in [2.45, 2.75) is 31.3 Å². The molecule has 1 aromatic carbocycles. The highest BCUT2D eigenvalue weighted by Gasteiger charge is 2.17. The summed E-state index contributed by atoms with van der Waals surface area (Å²) in [5, 5.41) is 10.00. The van der Waals surface area contributed by atoms with Crippen molar-refractivity contribution >= 4 is 22.0 Å². The molecule has 8 nitrogen and oxygen atoms in total. The highest BCUT2D eigenvalue weighted by Crippen LogP contribution is 2.06. The smallest absolute Gasteiger partial charge is 0.405 e. The number of amides is 2. The zero-order chi connectivity index (χ0) is 18.1. The number of sulfonamides is 1. The molecule has 2 amide bonds. The molecule has 0 saturated carbocycles. The lowest BCUT2D eigenvalue weighted by atomic mass is 10.2. The standard InChI is InChI=1S/C9H10N2O5S.C5H12O/c12-8(6-10-9(13)14)11-17(15,16)7-4-2-1-3-5-7;1-5(2,3)6-4/h1-5,10H,6H2,(H,11,12)(H,13,14);1-4H3. The maximum atomic E-state index is 11.6. The Labute approximate surface area is 135 Å². The Morgan fingerprint density at radius 1 is 1.17 bits per heavy atom. The number of hydrogen-bond donors (Lipinski definition) is 3. The molecule has 0 bridgehead atoms. The zero-order valence-electron chi connectivity index (χ0n) is 13.5. The molecule has 0 atom stereocenters. The molecule has 23 heavy (non-hydrogen) atoms. The lowest BCUT2D eigenvalue weighted by molar-refractivity contribution is -0.118. The summed E-state index contributed by atoms with van der Waals surface area (Å²) in [7, 11) is -2.23. The highest BCUT2D eigenvalue weighted by molar-refractivity contribution is 7.90. The first-order valence-electron chi connectivity index (χ1n) is 6.60. The predicted octanol–water partition coefficient (Wildman–Crippen LogP) is 1.19. The van der Waals surface area contributed by atoms with Crippen molar-refractivity contribution in [2.75, 3.05) is 13.7 Å². The Hall–Kier alpha value is -2.13. The molecule has 0 saturated heterocycles. The minimum Gasteiger partial charge on any atom is -0.465 e. The minimum atomic E-state index is -3.94. The van der Waals surface area contributed by atoms with Gasteiger partial charge in [-0.05, 0) is 32.9 Å². The van der Waals surface area contributed by atoms with Crippen molar-refractivity contribution in [1.29, 1.82) is 0 Å². The molecule has 1 rings (SSSR count). The van der Waals surface area contributed by atoms with Crippen molar-refractivity contribution < 1.29 is 27.9 Å². The van der Waals surface area contributed by atoms with E-state index in [9.17, 15) is 18.0 Å². The molecule has 1 aromatic rings. The van der Waals surface area contributed by atoms with Gasteiger partial charge in [0.15, 0.2) is 0 Å². The third-order valence-corrected chi connectivity index (χ3v) is 3.70. The highest BCUT2D eigenvalue weighted by atomic mass is 32.2. The lowest BCUT2D eigenvalue weighted by Crippen LogP contribution is -2.39. The van der Waals surface area contributed by atoms with E-state index in [1.807, 2.05) is 20.8 Å². The third kappa shape index (κ3) is 10.3. The summed E-state index contributed by atoms with van der Waals surface area (Å²) in [6, 6.07) is 7.29. The first-order valence-corrected chi connectivity index (χ1v) is 8.09. The number of carbonyl (C=O) groups is 2. The molecular formula is C14H22N2O6S. The first kappa shape index (κ1) is 20.9. The van der Waals surface area contributed by atoms with Crippen LogP contribution in [0.3, 0.4) is 0 Å². The maximum Gasteiger partial charge on any atom is 0.405 e. The number of carboxylic acid groups (broad SMARTS) is 1. The summed E-state index contributed by atoms with van der Waals surface area (Å²) in [4.78, 5) is 21.2. The van der Waals surface area contributed by atoms with Gasteiger partial charge in [-0.25, -0.2) is 17.9 Å². The molecule has 3 N–H and O–H groups in total. The quantitative estimate of drug-likeness (QED) is 0.753. The van der Waals surface area contributed by atoms with Crippen molar-refractivity contribution in [3.8, 4) is 0 Å². The topological polar surface area (TPSA) is 122 Å². The molecule has 0 unspecified atom stereocenters. The van der Waals surface area contributed by atoms with Crippen LogP contribution in [0.2, 0.25) is 0 Å². The second-order valence-corrected chi connectivity index (χ2v) is 7.00. The van der Waals surface area contributed by atoms with Gasteiger partial charge in [-0.3, -0.25) is 4.79 Å². The average Bonchev–Trinajstić information content (AvgIpc) is 2.45. The minimum absolute atomic E-state index is 0.0417. The Bertz CT molecular complexity index is 608. The summed E-state index contributed by atoms with van der Waals surface area (Å²) in [5.41, 5.74) is 0.0417. The van der Waals surface area contributed by atoms with Crippen LogP contribution in [-0.4, -0.2) is 44.8 Å². The van der Waals surface area contributed by atoms with Gasteiger partial charge in [0, 0.05) is 7.11 Å². The molecule has 0 aliphatic carbocycles. The lowest BCUT2D eigenvalue weighted by Gasteiger charge is -2.14. The number of rotatable bonds is 4. The fourth-order valence-corrected chi connectivity index (χ4v) is 2.01. The SMILES string of the molecule is COC(C)(C)C.O=C(O)NCC(=O)NS(=O)(=O)c1ccccc1. The van der Waals surface area contributed by atoms with Gasteiger partial charge < -0.3 is 15.2 Å². The average molecular weight is 346 g/mol. The number of benzene rings is 1. The molecule has 0 radical (unpaired) electrons. The second kappa shape index (κ2) is 9.11. The molecule has 0 aliphatic rings. The number of nitrogens with one attached hydrogen (secondary N) is 2. The van der Waals surface area contributed by atoms with Gasteiger partial charge in [0.2, 0.25) is 0 Å². The third-order valence-electron chi connectivity index (χ3n) is 2.31. The molecular weight excluding hydrogens is 324 g/mol. The van der Waals surface area contributed by atoms with Gasteiger partial charge >= 0.3 is 6.09 Å². The molecule has 0 spiro atoms. The van der Waals surface area contributed by atoms with Gasteiger partial charge in [-0.15, -0.1) is 0 Å². The summed E-state index contributed by atoms with van der Waals surface area (Å²) in [6.07, 6.45) is -1.41. The van der Waals surface area contributed by atoms with Crippen LogP contribution < -0.4 is 10.0 Å². The molecule has 0 aromatic heterocycles. The largest absolute Gasteiger partial charge is 0.465 e. The maximum absolute atomic E-state index is 11.6. The van der Waals surface area contributed by atoms with Crippen LogP contribution in [0.1, 0.15) is 20.8 Å². The number of carbonyl (C=O) groups excluding carboxylic acids is 1. The Morgan fingerprint density at radius 3 is 2.04 bits per heavy atom. The van der Waals surface area contributed by atoms with Crippen LogP contribution in [0, 0.1) is 0 Å². The van der Waals surface area contributed by atoms with E-state index in [4.69, 9.17) is 9.84 Å². The van der Waals surface area contributed by atoms with Crippen LogP contribution in [0.4, 0.5) is 4.79 Å². The van der Waals surface area contributed by atoms with Crippen LogP contribution in [0.15, 0.2) is 35.2 Å². The Kier molecular flexibility index (Phi) is 8.27. The molecule has 9 heteroatoms. The van der Waals surface area contributed by atoms with Crippen molar-refractivity contribution in [3.63, 3.8) is 0 Å². The zero-order valence-corrected chi connectivity index (χ0v) is 14.3. The van der Waals surface area contributed by atoms with Gasteiger partial charge in [0.05, 0.1) is 10.5 Å². The van der Waals surface area contributed by atoms with Crippen LogP contribution in [0.25, 0.3) is 0 Å². The van der Waals surface area contributed by atoms with Crippen LogP contribution >= 0.6 is 0 Å². The number of hydrogen-bond acceptors (Lipinski definition) is 5. The molecule has 0 fully saturated rings. The Morgan fingerprint density at radius 2 is 1.65 bits per heavy atom. The van der Waals surface area contributed by atoms with Gasteiger partial charge in [0.25, 0.3) is 15.9 Å². The predicted molar refractivity (Wildman–Crippen MR) is 84.6 cm³/mol. The molecule has 0 heterocycles. The van der Waals surface area contributed by atoms with Gasteiger partial charge in [-0.2, -0.15) is 0 Å². The monoisotopic (exact) mass is 346 g/mol. The van der Waals surface area contributed by atoms with Crippen molar-refractivity contribution in [2.24, 2.45) is 0 Å². The summed E-state index contributed by atoms with van der Waals surface area (Å²) in [5.74, 6) is -0.948. The van der Waals surface area contributed by atoms with E-state index in [2.05, 4.69) is 0 Å². The Balaban J connectivity index is 0.000000688. The molecule has 130 valence electrons. The number of ether oxygens (including phenoxy) is 1. The normalized spacial score (nSPS) is 11.0. The van der Waals surface area contributed by atoms with E-state index in [1.54, 1.807) is 23.2 Å². The first-order chi connectivity index (χ1) is 10.5. The van der Waals surface area contributed by atoms with Gasteiger partial charge in [0.1, 0.15) is 6.54 Å². The summed E-state index contributed by atoms with van der Waals surface area (Å²) < 4.78 is 29.8. The summed E-state index contributed by atoms with van der Waals surface area (Å²) in [6.45, 7) is 5.44. The van der Waals surface area contributed by atoms with E-state index >= 15 is 0 Å². The summed E-state index contributed by atoms with van der Waals surface area (Å²) >= 11 is 0. The van der Waals surface area contributed by atoms with Crippen molar-refractivity contribution in [1.82, 2.24) is 10.0 Å². The van der Waals surface area contributed by atoms with Crippen LogP contribution in [-0.2, 0) is 19.6 Å². The fourth-order valence-electron chi connectivity index (χ4n) is 1.00. The van der Waals surface area contributed by atoms with E-state index < -0.39 is 28.6 Å². The van der Waals surface area contributed by atoms with Gasteiger partial charge in [-0.1, -0.05) is 18.2 Å².